The third-order valence-corrected chi connectivity index (χ3v) is 6.30. The number of ether oxygens (including phenoxy) is 1. The van der Waals surface area contributed by atoms with Crippen LogP contribution in [-0.2, 0) is 25.4 Å². The molecule has 6 nitrogen and oxygen atoms in total. The maximum atomic E-state index is 13.3. The molecule has 2 aromatic carbocycles. The van der Waals surface area contributed by atoms with Crippen molar-refractivity contribution in [1.82, 2.24) is 13.7 Å². The molecule has 0 bridgehead atoms. The molecule has 0 fully saturated rings. The van der Waals surface area contributed by atoms with Gasteiger partial charge in [0, 0.05) is 25.1 Å². The SMILES string of the molecule is Cn1c(=O)c2c(-c3ccc(Br)cc3)n3c(c2n(C)c1=O)C(c1ccccc1)OCC3. The van der Waals surface area contributed by atoms with Crippen molar-refractivity contribution in [3.05, 3.63) is 91.2 Å². The number of aromatic nitrogens is 3. The summed E-state index contributed by atoms with van der Waals surface area (Å²) in [6.45, 7) is 1.13. The molecule has 1 unspecified atom stereocenters. The van der Waals surface area contributed by atoms with Crippen LogP contribution in [0.3, 0.4) is 0 Å². The highest BCUT2D eigenvalue weighted by Gasteiger charge is 2.32. The second-order valence-corrected chi connectivity index (χ2v) is 8.40. The number of hydrogen-bond donors (Lipinski definition) is 0. The van der Waals surface area contributed by atoms with Crippen molar-refractivity contribution < 1.29 is 4.74 Å². The van der Waals surface area contributed by atoms with Crippen molar-refractivity contribution in [3.63, 3.8) is 0 Å². The largest absolute Gasteiger partial charge is 0.365 e. The van der Waals surface area contributed by atoms with E-state index in [1.165, 1.54) is 11.6 Å². The maximum Gasteiger partial charge on any atom is 0.331 e. The van der Waals surface area contributed by atoms with Crippen LogP contribution in [0, 0.1) is 0 Å². The molecule has 30 heavy (non-hydrogen) atoms. The van der Waals surface area contributed by atoms with Crippen LogP contribution in [0.25, 0.3) is 22.2 Å². The molecule has 0 saturated carbocycles. The molecule has 5 rings (SSSR count). The van der Waals surface area contributed by atoms with E-state index in [9.17, 15) is 9.59 Å². The standard InChI is InChI=1S/C23H20BrN3O3/c1-25-19-17(22(28)26(2)23(25)29)18(14-8-10-16(24)11-9-14)27-12-13-30-21(20(19)27)15-6-4-3-5-7-15/h3-11,21H,12-13H2,1-2H3. The second kappa shape index (κ2) is 7.11. The zero-order chi connectivity index (χ0) is 21.0. The zero-order valence-electron chi connectivity index (χ0n) is 16.6. The molecule has 0 saturated heterocycles. The molecule has 1 atom stereocenters. The van der Waals surface area contributed by atoms with Gasteiger partial charge in [-0.1, -0.05) is 58.4 Å². The number of benzene rings is 2. The number of halogens is 1. The minimum absolute atomic E-state index is 0.292. The predicted octanol–water partition coefficient (Wildman–Crippen LogP) is 3.59. The number of rotatable bonds is 2. The first-order chi connectivity index (χ1) is 14.5. The van der Waals surface area contributed by atoms with Gasteiger partial charge in [0.1, 0.15) is 6.10 Å². The Labute approximate surface area is 181 Å². The Bertz CT molecular complexity index is 1380. The maximum absolute atomic E-state index is 13.3. The van der Waals surface area contributed by atoms with Gasteiger partial charge in [-0.25, -0.2) is 4.79 Å². The Morgan fingerprint density at radius 3 is 2.37 bits per heavy atom. The lowest BCUT2D eigenvalue weighted by molar-refractivity contribution is 0.0478. The average molecular weight is 466 g/mol. The molecular weight excluding hydrogens is 446 g/mol. The summed E-state index contributed by atoms with van der Waals surface area (Å²) in [4.78, 5) is 26.1. The quantitative estimate of drug-likeness (QED) is 0.454. The van der Waals surface area contributed by atoms with E-state index in [1.54, 1.807) is 11.6 Å². The van der Waals surface area contributed by atoms with Gasteiger partial charge in [0.25, 0.3) is 5.56 Å². The first-order valence-electron chi connectivity index (χ1n) is 9.73. The van der Waals surface area contributed by atoms with Crippen LogP contribution in [-0.4, -0.2) is 20.3 Å². The molecule has 152 valence electrons. The lowest BCUT2D eigenvalue weighted by atomic mass is 10.0. The first kappa shape index (κ1) is 19.1. The van der Waals surface area contributed by atoms with Crippen molar-refractivity contribution in [1.29, 1.82) is 0 Å². The van der Waals surface area contributed by atoms with Crippen LogP contribution >= 0.6 is 15.9 Å². The predicted molar refractivity (Wildman–Crippen MR) is 120 cm³/mol. The van der Waals surface area contributed by atoms with Crippen LogP contribution in [0.5, 0.6) is 0 Å². The molecule has 0 amide bonds. The van der Waals surface area contributed by atoms with Crippen LogP contribution < -0.4 is 11.2 Å². The monoisotopic (exact) mass is 465 g/mol. The van der Waals surface area contributed by atoms with Gasteiger partial charge in [0.2, 0.25) is 0 Å². The lowest BCUT2D eigenvalue weighted by Gasteiger charge is -2.27. The van der Waals surface area contributed by atoms with Gasteiger partial charge in [-0.15, -0.1) is 0 Å². The van der Waals surface area contributed by atoms with Crippen molar-refractivity contribution in [2.45, 2.75) is 12.6 Å². The van der Waals surface area contributed by atoms with E-state index in [2.05, 4.69) is 20.5 Å². The van der Waals surface area contributed by atoms with Crippen molar-refractivity contribution in [3.8, 4) is 11.3 Å². The Balaban J connectivity index is 1.96. The Hall–Kier alpha value is -2.90. The molecule has 3 heterocycles. The van der Waals surface area contributed by atoms with E-state index in [-0.39, 0.29) is 17.4 Å². The third-order valence-electron chi connectivity index (χ3n) is 5.77. The van der Waals surface area contributed by atoms with Gasteiger partial charge in [0.05, 0.1) is 28.9 Å². The molecule has 1 aliphatic heterocycles. The molecule has 4 aromatic rings. The number of fused-ring (bicyclic) bond motifs is 3. The fourth-order valence-electron chi connectivity index (χ4n) is 4.37. The van der Waals surface area contributed by atoms with Gasteiger partial charge in [-0.3, -0.25) is 13.9 Å². The Morgan fingerprint density at radius 2 is 1.67 bits per heavy atom. The first-order valence-corrected chi connectivity index (χ1v) is 10.5. The highest BCUT2D eigenvalue weighted by Crippen LogP contribution is 2.40. The van der Waals surface area contributed by atoms with Gasteiger partial charge in [-0.05, 0) is 23.3 Å². The highest BCUT2D eigenvalue weighted by atomic mass is 79.9. The summed E-state index contributed by atoms with van der Waals surface area (Å²) in [5.41, 5.74) is 3.59. The fourth-order valence-corrected chi connectivity index (χ4v) is 4.63. The third kappa shape index (κ3) is 2.73. The van der Waals surface area contributed by atoms with Crippen LogP contribution in [0.15, 0.2) is 68.7 Å². The molecular formula is C23H20BrN3O3. The summed E-state index contributed by atoms with van der Waals surface area (Å²) in [5.74, 6) is 0. The molecule has 2 aromatic heterocycles. The summed E-state index contributed by atoms with van der Waals surface area (Å²) in [6.07, 6.45) is -0.357. The summed E-state index contributed by atoms with van der Waals surface area (Å²) < 4.78 is 12.0. The smallest absolute Gasteiger partial charge is 0.331 e. The average Bonchev–Trinajstić information content (AvgIpc) is 3.13. The van der Waals surface area contributed by atoms with E-state index < -0.39 is 0 Å². The summed E-state index contributed by atoms with van der Waals surface area (Å²) in [6, 6.07) is 17.8. The van der Waals surface area contributed by atoms with E-state index in [1.807, 2.05) is 54.6 Å². The molecule has 0 radical (unpaired) electrons. The normalized spacial score (nSPS) is 16.0. The minimum Gasteiger partial charge on any atom is -0.365 e. The Morgan fingerprint density at radius 1 is 0.967 bits per heavy atom. The molecule has 0 aliphatic carbocycles. The second-order valence-electron chi connectivity index (χ2n) is 7.48. The number of aryl methyl sites for hydroxylation is 1. The van der Waals surface area contributed by atoms with Gasteiger partial charge < -0.3 is 9.30 Å². The topological polar surface area (TPSA) is 58.2 Å². The van der Waals surface area contributed by atoms with E-state index in [4.69, 9.17) is 4.74 Å². The molecule has 1 aliphatic rings. The highest BCUT2D eigenvalue weighted by molar-refractivity contribution is 9.10. The summed E-state index contributed by atoms with van der Waals surface area (Å²) >= 11 is 3.48. The van der Waals surface area contributed by atoms with E-state index in [0.717, 1.165) is 27.0 Å². The molecule has 7 heteroatoms. The molecule has 0 N–H and O–H groups in total. The lowest BCUT2D eigenvalue weighted by Crippen LogP contribution is -2.37. The van der Waals surface area contributed by atoms with E-state index in [0.29, 0.717) is 24.1 Å². The van der Waals surface area contributed by atoms with E-state index >= 15 is 0 Å². The fraction of sp³-hybridized carbons (Fsp3) is 0.217. The summed E-state index contributed by atoms with van der Waals surface area (Å²) in [5, 5.41) is 0.545. The van der Waals surface area contributed by atoms with Crippen LogP contribution in [0.4, 0.5) is 0 Å². The van der Waals surface area contributed by atoms with Gasteiger partial charge in [-0.2, -0.15) is 0 Å². The van der Waals surface area contributed by atoms with Crippen LogP contribution in [0.2, 0.25) is 0 Å². The number of hydrogen-bond acceptors (Lipinski definition) is 3. The summed E-state index contributed by atoms with van der Waals surface area (Å²) in [7, 11) is 3.24. The van der Waals surface area contributed by atoms with Crippen LogP contribution in [0.1, 0.15) is 17.4 Å². The minimum atomic E-state index is -0.357. The molecule has 0 spiro atoms. The van der Waals surface area contributed by atoms with Crippen molar-refractivity contribution in [2.24, 2.45) is 14.1 Å². The Kier molecular flexibility index (Phi) is 4.52. The van der Waals surface area contributed by atoms with Gasteiger partial charge in [0.15, 0.2) is 0 Å². The van der Waals surface area contributed by atoms with Crippen molar-refractivity contribution in [2.75, 3.05) is 6.61 Å². The van der Waals surface area contributed by atoms with Crippen molar-refractivity contribution >= 4 is 26.8 Å². The zero-order valence-corrected chi connectivity index (χ0v) is 18.2. The van der Waals surface area contributed by atoms with Gasteiger partial charge >= 0.3 is 5.69 Å². The number of nitrogens with zero attached hydrogens (tertiary/aromatic N) is 3.